The van der Waals surface area contributed by atoms with Gasteiger partial charge in [-0.1, -0.05) is 6.92 Å². The molecular weight excluding hydrogens is 319 g/mol. The third-order valence-electron chi connectivity index (χ3n) is 2.94. The molecule has 1 aromatic carbocycles. The van der Waals surface area contributed by atoms with Crippen molar-refractivity contribution in [3.8, 4) is 11.5 Å². The summed E-state index contributed by atoms with van der Waals surface area (Å²) in [7, 11) is 0. The van der Waals surface area contributed by atoms with Crippen LogP contribution in [0, 0.1) is 11.7 Å². The van der Waals surface area contributed by atoms with Gasteiger partial charge in [0.05, 0.1) is 23.6 Å². The number of ether oxygens (including phenoxy) is 2. The summed E-state index contributed by atoms with van der Waals surface area (Å²) in [5.41, 5.74) is 0.311. The van der Waals surface area contributed by atoms with Crippen molar-refractivity contribution in [1.29, 1.82) is 0 Å². The normalized spacial score (nSPS) is 15.7. The van der Waals surface area contributed by atoms with E-state index in [9.17, 15) is 9.18 Å². The lowest BCUT2D eigenvalue weighted by Gasteiger charge is -2.14. The third-order valence-corrected chi connectivity index (χ3v) is 3.65. The van der Waals surface area contributed by atoms with Crippen molar-refractivity contribution in [2.45, 2.75) is 19.8 Å². The number of carbonyl (C=O) groups is 1. The van der Waals surface area contributed by atoms with Crippen LogP contribution in [0.25, 0.3) is 0 Å². The van der Waals surface area contributed by atoms with Crippen LogP contribution in [0.15, 0.2) is 10.5 Å². The van der Waals surface area contributed by atoms with Crippen molar-refractivity contribution >= 4 is 21.9 Å². The first-order chi connectivity index (χ1) is 9.00. The van der Waals surface area contributed by atoms with Crippen LogP contribution < -0.4 is 9.47 Å². The molecule has 0 spiro atoms. The SMILES string of the molecule is CC(Cc1cc2c(c(Br)c1F)OCCCO2)C(=O)O. The fourth-order valence-electron chi connectivity index (χ4n) is 1.86. The average molecular weight is 333 g/mol. The van der Waals surface area contributed by atoms with Gasteiger partial charge in [-0.05, 0) is 34.0 Å². The molecule has 1 N–H and O–H groups in total. The van der Waals surface area contributed by atoms with Crippen LogP contribution in [0.5, 0.6) is 11.5 Å². The van der Waals surface area contributed by atoms with E-state index in [1.165, 1.54) is 6.07 Å². The number of halogens is 2. The molecule has 0 amide bonds. The van der Waals surface area contributed by atoms with Crippen molar-refractivity contribution < 1.29 is 23.8 Å². The summed E-state index contributed by atoms with van der Waals surface area (Å²) < 4.78 is 25.3. The maximum absolute atomic E-state index is 14.2. The van der Waals surface area contributed by atoms with Gasteiger partial charge in [-0.3, -0.25) is 4.79 Å². The molecule has 0 aromatic heterocycles. The van der Waals surface area contributed by atoms with Gasteiger partial charge < -0.3 is 14.6 Å². The average Bonchev–Trinajstić information content (AvgIpc) is 2.60. The Kier molecular flexibility index (Phi) is 4.29. The maximum Gasteiger partial charge on any atom is 0.306 e. The first-order valence-electron chi connectivity index (χ1n) is 6.00. The second kappa shape index (κ2) is 5.77. The second-order valence-electron chi connectivity index (χ2n) is 4.48. The molecule has 6 heteroatoms. The monoisotopic (exact) mass is 332 g/mol. The van der Waals surface area contributed by atoms with Crippen LogP contribution in [0.1, 0.15) is 18.9 Å². The maximum atomic E-state index is 14.2. The molecule has 104 valence electrons. The second-order valence-corrected chi connectivity index (χ2v) is 5.28. The molecule has 0 saturated heterocycles. The fourth-order valence-corrected chi connectivity index (χ4v) is 2.42. The summed E-state index contributed by atoms with van der Waals surface area (Å²) in [5.74, 6) is -1.30. The van der Waals surface area contributed by atoms with Gasteiger partial charge in [0.25, 0.3) is 0 Å². The zero-order chi connectivity index (χ0) is 14.0. The number of carboxylic acids is 1. The van der Waals surface area contributed by atoms with Gasteiger partial charge in [0.2, 0.25) is 0 Å². The van der Waals surface area contributed by atoms with Crippen LogP contribution in [0.3, 0.4) is 0 Å². The topological polar surface area (TPSA) is 55.8 Å². The molecule has 1 aliphatic rings. The highest BCUT2D eigenvalue weighted by atomic mass is 79.9. The number of aliphatic carboxylic acids is 1. The number of benzene rings is 1. The minimum Gasteiger partial charge on any atom is -0.490 e. The molecule has 1 aliphatic heterocycles. The van der Waals surface area contributed by atoms with Gasteiger partial charge in [-0.25, -0.2) is 4.39 Å². The summed E-state index contributed by atoms with van der Waals surface area (Å²) in [6.07, 6.45) is 0.833. The Hall–Kier alpha value is -1.30. The number of hydrogen-bond donors (Lipinski definition) is 1. The van der Waals surface area contributed by atoms with Gasteiger partial charge in [0.1, 0.15) is 5.82 Å². The van der Waals surface area contributed by atoms with Crippen molar-refractivity contribution in [1.82, 2.24) is 0 Å². The van der Waals surface area contributed by atoms with E-state index in [4.69, 9.17) is 14.6 Å². The molecule has 0 saturated carbocycles. The van der Waals surface area contributed by atoms with E-state index in [1.54, 1.807) is 6.92 Å². The van der Waals surface area contributed by atoms with Crippen molar-refractivity contribution in [3.05, 3.63) is 21.9 Å². The molecule has 1 aromatic rings. The van der Waals surface area contributed by atoms with E-state index < -0.39 is 17.7 Å². The highest BCUT2D eigenvalue weighted by molar-refractivity contribution is 9.10. The Morgan fingerprint density at radius 2 is 2.21 bits per heavy atom. The van der Waals surface area contributed by atoms with Gasteiger partial charge in [-0.15, -0.1) is 0 Å². The highest BCUT2D eigenvalue weighted by Crippen LogP contribution is 2.41. The fraction of sp³-hybridized carbons (Fsp3) is 0.462. The number of rotatable bonds is 3. The summed E-state index contributed by atoms with van der Waals surface area (Å²) in [6, 6.07) is 1.53. The van der Waals surface area contributed by atoms with E-state index >= 15 is 0 Å². The van der Waals surface area contributed by atoms with Gasteiger partial charge in [0, 0.05) is 6.42 Å². The Morgan fingerprint density at radius 3 is 2.89 bits per heavy atom. The molecule has 0 fully saturated rings. The van der Waals surface area contributed by atoms with Crippen LogP contribution >= 0.6 is 15.9 Å². The molecule has 4 nitrogen and oxygen atoms in total. The van der Waals surface area contributed by atoms with Crippen LogP contribution in [0.4, 0.5) is 4.39 Å². The molecule has 1 unspecified atom stereocenters. The van der Waals surface area contributed by atoms with E-state index in [0.717, 1.165) is 6.42 Å². The predicted molar refractivity (Wildman–Crippen MR) is 70.2 cm³/mol. The summed E-state index contributed by atoms with van der Waals surface area (Å²) in [5, 5.41) is 8.90. The van der Waals surface area contributed by atoms with Crippen LogP contribution in [-0.4, -0.2) is 24.3 Å². The predicted octanol–water partition coefficient (Wildman–Crippen LogP) is 3.01. The van der Waals surface area contributed by atoms with Gasteiger partial charge >= 0.3 is 5.97 Å². The molecular formula is C13H14BrFO4. The Labute approximate surface area is 118 Å². The number of carboxylic acid groups (broad SMARTS) is 1. The summed E-state index contributed by atoms with van der Waals surface area (Å²) >= 11 is 3.15. The first-order valence-corrected chi connectivity index (χ1v) is 6.79. The minimum absolute atomic E-state index is 0.108. The van der Waals surface area contributed by atoms with E-state index in [0.29, 0.717) is 30.3 Å². The lowest BCUT2D eigenvalue weighted by molar-refractivity contribution is -0.141. The Morgan fingerprint density at radius 1 is 1.53 bits per heavy atom. The molecule has 0 radical (unpaired) electrons. The molecule has 1 heterocycles. The standard InChI is InChI=1S/C13H14BrFO4/c1-7(13(16)17)5-8-6-9-12(10(14)11(8)15)19-4-2-3-18-9/h6-7H,2-5H2,1H3,(H,16,17). The zero-order valence-electron chi connectivity index (χ0n) is 10.4. The smallest absolute Gasteiger partial charge is 0.306 e. The zero-order valence-corrected chi connectivity index (χ0v) is 12.0. The largest absolute Gasteiger partial charge is 0.490 e. The summed E-state index contributed by atoms with van der Waals surface area (Å²) in [6.45, 7) is 2.51. The lowest BCUT2D eigenvalue weighted by atomic mass is 10.0. The molecule has 19 heavy (non-hydrogen) atoms. The Bertz CT molecular complexity index is 504. The number of hydrogen-bond acceptors (Lipinski definition) is 3. The number of fused-ring (bicyclic) bond motifs is 1. The molecule has 0 aliphatic carbocycles. The Balaban J connectivity index is 2.37. The minimum atomic E-state index is -0.956. The molecule has 2 rings (SSSR count). The summed E-state index contributed by atoms with van der Waals surface area (Å²) in [4.78, 5) is 10.9. The van der Waals surface area contributed by atoms with E-state index in [-0.39, 0.29) is 10.9 Å². The quantitative estimate of drug-likeness (QED) is 0.924. The molecule has 0 bridgehead atoms. The third kappa shape index (κ3) is 3.00. The molecule has 1 atom stereocenters. The van der Waals surface area contributed by atoms with Gasteiger partial charge in [0.15, 0.2) is 11.5 Å². The highest BCUT2D eigenvalue weighted by Gasteiger charge is 2.23. The van der Waals surface area contributed by atoms with Crippen molar-refractivity contribution in [2.24, 2.45) is 5.92 Å². The van der Waals surface area contributed by atoms with Crippen LogP contribution in [-0.2, 0) is 11.2 Å². The van der Waals surface area contributed by atoms with E-state index in [2.05, 4.69) is 15.9 Å². The van der Waals surface area contributed by atoms with Crippen LogP contribution in [0.2, 0.25) is 0 Å². The lowest BCUT2D eigenvalue weighted by Crippen LogP contribution is -2.13. The first kappa shape index (κ1) is 14.1. The van der Waals surface area contributed by atoms with Crippen molar-refractivity contribution in [2.75, 3.05) is 13.2 Å². The van der Waals surface area contributed by atoms with E-state index in [1.807, 2.05) is 0 Å². The van der Waals surface area contributed by atoms with Crippen molar-refractivity contribution in [3.63, 3.8) is 0 Å². The van der Waals surface area contributed by atoms with Gasteiger partial charge in [-0.2, -0.15) is 0 Å².